The number of rotatable bonds is 3. The molecule has 5 rings (SSSR count). The summed E-state index contributed by atoms with van der Waals surface area (Å²) in [5.74, 6) is -1.26. The monoisotopic (exact) mass is 458 g/mol. The van der Waals surface area contributed by atoms with Gasteiger partial charge in [-0.05, 0) is 18.2 Å². The highest BCUT2D eigenvalue weighted by Crippen LogP contribution is 2.33. The van der Waals surface area contributed by atoms with Gasteiger partial charge in [-0.1, -0.05) is 52.7 Å². The van der Waals surface area contributed by atoms with E-state index in [9.17, 15) is 9.59 Å². The van der Waals surface area contributed by atoms with Crippen LogP contribution in [0, 0.1) is 0 Å². The highest BCUT2D eigenvalue weighted by molar-refractivity contribution is 7.22. The van der Waals surface area contributed by atoms with Gasteiger partial charge in [-0.3, -0.25) is 14.9 Å². The van der Waals surface area contributed by atoms with Crippen molar-refractivity contribution in [2.75, 3.05) is 18.4 Å². The Balaban J connectivity index is 1.51. The molecule has 9 heteroatoms. The van der Waals surface area contributed by atoms with Crippen LogP contribution in [0.25, 0.3) is 21.1 Å². The second kappa shape index (κ2) is 7.67. The predicted molar refractivity (Wildman–Crippen MR) is 121 cm³/mol. The van der Waals surface area contributed by atoms with Crippen molar-refractivity contribution in [2.24, 2.45) is 0 Å². The molecule has 0 aliphatic carbocycles. The van der Waals surface area contributed by atoms with E-state index in [1.54, 1.807) is 12.1 Å². The number of para-hydroxylation sites is 1. The van der Waals surface area contributed by atoms with Crippen molar-refractivity contribution in [2.45, 2.75) is 13.0 Å². The van der Waals surface area contributed by atoms with Gasteiger partial charge in [-0.25, -0.2) is 4.98 Å². The molecule has 4 aromatic rings. The summed E-state index contributed by atoms with van der Waals surface area (Å²) in [5, 5.41) is 7.93. The number of halogens is 2. The minimum absolute atomic E-state index is 0.331. The van der Waals surface area contributed by atoms with Crippen LogP contribution in [0.5, 0.6) is 0 Å². The number of benzene rings is 2. The van der Waals surface area contributed by atoms with Crippen molar-refractivity contribution in [1.82, 2.24) is 14.9 Å². The van der Waals surface area contributed by atoms with E-state index < -0.39 is 11.7 Å². The number of Topliss-reactive ketones (excluding diaryl/α,β-unsaturated/α-hetero) is 1. The van der Waals surface area contributed by atoms with E-state index in [4.69, 9.17) is 23.2 Å². The molecule has 0 radical (unpaired) electrons. The van der Waals surface area contributed by atoms with Crippen LogP contribution >= 0.6 is 34.5 Å². The fourth-order valence-electron chi connectivity index (χ4n) is 3.89. The molecule has 0 atom stereocenters. The molecule has 2 aromatic carbocycles. The highest BCUT2D eigenvalue weighted by Gasteiger charge is 2.28. The summed E-state index contributed by atoms with van der Waals surface area (Å²) >= 11 is 13.3. The fourth-order valence-corrected chi connectivity index (χ4v) is 5.16. The Labute approximate surface area is 185 Å². The van der Waals surface area contributed by atoms with Crippen LogP contribution in [0.3, 0.4) is 0 Å². The van der Waals surface area contributed by atoms with E-state index in [2.05, 4.69) is 20.2 Å². The predicted octanol–water partition coefficient (Wildman–Crippen LogP) is 4.52. The summed E-state index contributed by atoms with van der Waals surface area (Å²) in [6.45, 7) is 2.34. The maximum absolute atomic E-state index is 13.2. The van der Waals surface area contributed by atoms with Gasteiger partial charge in [0.25, 0.3) is 11.7 Å². The smallest absolute Gasteiger partial charge is 0.298 e. The lowest BCUT2D eigenvalue weighted by molar-refractivity contribution is -0.112. The molecule has 6 nitrogen and oxygen atoms in total. The number of hydrogen-bond donors (Lipinski definition) is 2. The van der Waals surface area contributed by atoms with Gasteiger partial charge in [-0.2, -0.15) is 0 Å². The van der Waals surface area contributed by atoms with Crippen molar-refractivity contribution in [3.63, 3.8) is 0 Å². The number of fused-ring (bicyclic) bond motifs is 4. The van der Waals surface area contributed by atoms with Crippen molar-refractivity contribution in [1.29, 1.82) is 0 Å². The zero-order valence-corrected chi connectivity index (χ0v) is 18.0. The van der Waals surface area contributed by atoms with Crippen LogP contribution < -0.4 is 10.6 Å². The number of nitrogens with one attached hydrogen (secondary N) is 2. The molecule has 0 saturated carbocycles. The average Bonchev–Trinajstić information content (AvgIpc) is 3.14. The van der Waals surface area contributed by atoms with Gasteiger partial charge in [0, 0.05) is 42.7 Å². The molecule has 2 aromatic heterocycles. The fraction of sp³-hybridized carbons (Fsp3) is 0.190. The second-order valence-electron chi connectivity index (χ2n) is 7.03. The second-order valence-corrected chi connectivity index (χ2v) is 8.87. The van der Waals surface area contributed by atoms with Crippen molar-refractivity contribution >= 4 is 72.5 Å². The van der Waals surface area contributed by atoms with Crippen LogP contribution in [0.15, 0.2) is 36.4 Å². The number of carbonyl (C=O) groups is 2. The van der Waals surface area contributed by atoms with Crippen LogP contribution in [-0.2, 0) is 17.8 Å². The zero-order chi connectivity index (χ0) is 20.8. The molecule has 1 aliphatic rings. The van der Waals surface area contributed by atoms with Gasteiger partial charge in [0.05, 0.1) is 25.8 Å². The number of carbonyl (C=O) groups excluding carboxylic acids is 2. The number of ketones is 1. The number of aromatic nitrogens is 2. The third-order valence-electron chi connectivity index (χ3n) is 5.21. The molecule has 152 valence electrons. The molecule has 3 heterocycles. The third-order valence-corrected chi connectivity index (χ3v) is 6.87. The normalized spacial score (nSPS) is 13.9. The Morgan fingerprint density at radius 2 is 1.93 bits per heavy atom. The van der Waals surface area contributed by atoms with E-state index in [0.717, 1.165) is 40.9 Å². The SMILES string of the molecule is O=C(Nc1nc2cc(Cl)c(Cl)cc2s1)C(=O)c1c2n(c3ccccc13)CCNCC2. The number of nitrogens with zero attached hydrogens (tertiary/aromatic N) is 2. The first-order valence-electron chi connectivity index (χ1n) is 9.45. The number of amides is 1. The minimum Gasteiger partial charge on any atom is -0.343 e. The molecular formula is C21H16Cl2N4O2S. The molecular weight excluding hydrogens is 443 g/mol. The first-order chi connectivity index (χ1) is 14.5. The van der Waals surface area contributed by atoms with E-state index in [1.807, 2.05) is 24.3 Å². The Kier molecular flexibility index (Phi) is 4.99. The van der Waals surface area contributed by atoms with Gasteiger partial charge < -0.3 is 9.88 Å². The van der Waals surface area contributed by atoms with Crippen molar-refractivity contribution in [3.05, 3.63) is 57.7 Å². The topological polar surface area (TPSA) is 76.0 Å². The quantitative estimate of drug-likeness (QED) is 0.349. The first kappa shape index (κ1) is 19.5. The van der Waals surface area contributed by atoms with Crippen molar-refractivity contribution in [3.8, 4) is 0 Å². The summed E-state index contributed by atoms with van der Waals surface area (Å²) in [6.07, 6.45) is 0.682. The molecule has 1 aliphatic heterocycles. The number of hydrogen-bond acceptors (Lipinski definition) is 5. The summed E-state index contributed by atoms with van der Waals surface area (Å²) in [7, 11) is 0. The molecule has 0 spiro atoms. The van der Waals surface area contributed by atoms with E-state index in [-0.39, 0.29) is 0 Å². The van der Waals surface area contributed by atoms with Gasteiger partial charge >= 0.3 is 0 Å². The molecule has 2 N–H and O–H groups in total. The molecule has 1 amide bonds. The first-order valence-corrected chi connectivity index (χ1v) is 11.0. The standard InChI is InChI=1S/C21H16Cl2N4O2S/c22-12-9-14-17(10-13(12)23)30-21(25-14)26-20(29)19(28)18-11-3-1-2-4-15(11)27-8-7-24-6-5-16(18)27/h1-4,9-10,24H,5-8H2,(H,25,26,29). The van der Waals surface area contributed by atoms with Gasteiger partial charge in [-0.15, -0.1) is 0 Å². The van der Waals surface area contributed by atoms with E-state index >= 15 is 0 Å². The Bertz CT molecular complexity index is 1290. The summed E-state index contributed by atoms with van der Waals surface area (Å²) < 4.78 is 2.92. The lowest BCUT2D eigenvalue weighted by Gasteiger charge is -2.06. The van der Waals surface area contributed by atoms with Crippen LogP contribution in [0.4, 0.5) is 5.13 Å². The van der Waals surface area contributed by atoms with Gasteiger partial charge in [0.15, 0.2) is 5.13 Å². The third kappa shape index (κ3) is 3.28. The molecule has 0 bridgehead atoms. The molecule has 0 unspecified atom stereocenters. The molecule has 0 saturated heterocycles. The lowest BCUT2D eigenvalue weighted by Crippen LogP contribution is -2.24. The largest absolute Gasteiger partial charge is 0.343 e. The Hall–Kier alpha value is -2.45. The molecule has 30 heavy (non-hydrogen) atoms. The number of thiazole rings is 1. The molecule has 0 fully saturated rings. The van der Waals surface area contributed by atoms with E-state index in [1.165, 1.54) is 11.3 Å². The Morgan fingerprint density at radius 1 is 1.13 bits per heavy atom. The average molecular weight is 459 g/mol. The van der Waals surface area contributed by atoms with Crippen molar-refractivity contribution < 1.29 is 9.59 Å². The van der Waals surface area contributed by atoms with Gasteiger partial charge in [0.2, 0.25) is 0 Å². The summed E-state index contributed by atoms with van der Waals surface area (Å²) in [6, 6.07) is 11.0. The van der Waals surface area contributed by atoms with Crippen LogP contribution in [0.2, 0.25) is 10.0 Å². The van der Waals surface area contributed by atoms with Crippen LogP contribution in [-0.4, -0.2) is 34.3 Å². The van der Waals surface area contributed by atoms with Gasteiger partial charge in [0.1, 0.15) is 0 Å². The maximum Gasteiger partial charge on any atom is 0.298 e. The Morgan fingerprint density at radius 3 is 2.80 bits per heavy atom. The lowest BCUT2D eigenvalue weighted by atomic mass is 10.0. The zero-order valence-electron chi connectivity index (χ0n) is 15.7. The maximum atomic E-state index is 13.2. The number of anilines is 1. The van der Waals surface area contributed by atoms with Crippen LogP contribution in [0.1, 0.15) is 16.1 Å². The summed E-state index contributed by atoms with van der Waals surface area (Å²) in [5.41, 5.74) is 2.95. The summed E-state index contributed by atoms with van der Waals surface area (Å²) in [4.78, 5) is 30.4. The highest BCUT2D eigenvalue weighted by atomic mass is 35.5. The minimum atomic E-state index is -0.706. The van der Waals surface area contributed by atoms with E-state index in [0.29, 0.717) is 32.7 Å².